The molecule has 30 heavy (non-hydrogen) atoms. The Morgan fingerprint density at radius 2 is 1.47 bits per heavy atom. The highest BCUT2D eigenvalue weighted by atomic mass is 127. The summed E-state index contributed by atoms with van der Waals surface area (Å²) in [7, 11) is 0. The lowest BCUT2D eigenvalue weighted by Gasteiger charge is -2.12. The summed E-state index contributed by atoms with van der Waals surface area (Å²) in [5.74, 6) is -0.320. The maximum atomic E-state index is 13.1. The second-order valence-corrected chi connectivity index (χ2v) is 8.23. The summed E-state index contributed by atoms with van der Waals surface area (Å²) < 4.78 is 8.97. The molecule has 146 valence electrons. The molecule has 1 heterocycles. The van der Waals surface area contributed by atoms with E-state index in [1.807, 2.05) is 66.7 Å². The predicted octanol–water partition coefficient (Wildman–Crippen LogP) is 6.75. The van der Waals surface area contributed by atoms with Crippen molar-refractivity contribution in [1.82, 2.24) is 4.57 Å². The van der Waals surface area contributed by atoms with Crippen LogP contribution in [0, 0.1) is 3.57 Å². The van der Waals surface area contributed by atoms with E-state index < -0.39 is 0 Å². The summed E-state index contributed by atoms with van der Waals surface area (Å²) in [6.45, 7) is 0.249. The molecule has 0 radical (unpaired) electrons. The lowest BCUT2D eigenvalue weighted by atomic mass is 10.1. The molecule has 0 bridgehead atoms. The molecule has 0 fully saturated rings. The van der Waals surface area contributed by atoms with Crippen molar-refractivity contribution in [3.05, 3.63) is 112 Å². The number of para-hydroxylation sites is 3. The molecule has 0 unspecified atom stereocenters. The highest BCUT2D eigenvalue weighted by Gasteiger charge is 2.20. The number of rotatable bonds is 4. The average Bonchev–Trinajstić information content (AvgIpc) is 3.13. The van der Waals surface area contributed by atoms with Crippen LogP contribution in [-0.2, 0) is 11.3 Å². The number of hydrogen-bond donors (Lipinski definition) is 0. The van der Waals surface area contributed by atoms with Gasteiger partial charge in [-0.3, -0.25) is 0 Å². The lowest BCUT2D eigenvalue weighted by Crippen LogP contribution is -2.08. The summed E-state index contributed by atoms with van der Waals surface area (Å²) >= 11 is 2.34. The van der Waals surface area contributed by atoms with Gasteiger partial charge >= 0.3 is 5.97 Å². The van der Waals surface area contributed by atoms with Crippen molar-refractivity contribution in [3.8, 4) is 5.69 Å². The van der Waals surface area contributed by atoms with E-state index in [0.29, 0.717) is 5.56 Å². The number of halogens is 1. The van der Waals surface area contributed by atoms with Crippen LogP contribution < -0.4 is 0 Å². The van der Waals surface area contributed by atoms with Crippen LogP contribution in [0.1, 0.15) is 15.9 Å². The van der Waals surface area contributed by atoms with Crippen LogP contribution in [-0.4, -0.2) is 10.5 Å². The van der Waals surface area contributed by atoms with Crippen molar-refractivity contribution in [2.45, 2.75) is 6.61 Å². The number of carbonyl (C=O) groups excluding carboxylic acids is 1. The molecular weight excluding hydrogens is 485 g/mol. The molecule has 5 aromatic rings. The van der Waals surface area contributed by atoms with Crippen molar-refractivity contribution in [2.24, 2.45) is 0 Å². The second-order valence-electron chi connectivity index (χ2n) is 7.07. The molecular formula is C26H18INO2. The van der Waals surface area contributed by atoms with E-state index in [-0.39, 0.29) is 12.6 Å². The second kappa shape index (κ2) is 7.95. The normalized spacial score (nSPS) is 11.1. The molecule has 0 saturated heterocycles. The Morgan fingerprint density at radius 1 is 0.767 bits per heavy atom. The van der Waals surface area contributed by atoms with Crippen LogP contribution in [0.2, 0.25) is 0 Å². The quantitative estimate of drug-likeness (QED) is 0.201. The Balaban J connectivity index is 1.70. The van der Waals surface area contributed by atoms with Gasteiger partial charge in [0.2, 0.25) is 0 Å². The number of benzene rings is 4. The van der Waals surface area contributed by atoms with Crippen LogP contribution in [0.25, 0.3) is 27.5 Å². The molecule has 0 aliphatic rings. The van der Waals surface area contributed by atoms with Gasteiger partial charge in [0.1, 0.15) is 6.61 Å². The van der Waals surface area contributed by atoms with Gasteiger partial charge < -0.3 is 9.30 Å². The van der Waals surface area contributed by atoms with E-state index in [0.717, 1.165) is 36.6 Å². The summed E-state index contributed by atoms with van der Waals surface area (Å²) in [4.78, 5) is 13.1. The average molecular weight is 503 g/mol. The topological polar surface area (TPSA) is 31.2 Å². The Morgan fingerprint density at radius 3 is 2.30 bits per heavy atom. The fourth-order valence-electron chi connectivity index (χ4n) is 3.87. The van der Waals surface area contributed by atoms with Crippen LogP contribution in [0.4, 0.5) is 0 Å². The zero-order valence-corrected chi connectivity index (χ0v) is 18.2. The van der Waals surface area contributed by atoms with Crippen LogP contribution in [0.5, 0.6) is 0 Å². The molecule has 4 aromatic carbocycles. The maximum absolute atomic E-state index is 13.1. The minimum absolute atomic E-state index is 0.249. The molecule has 0 spiro atoms. The van der Waals surface area contributed by atoms with Gasteiger partial charge in [0.25, 0.3) is 0 Å². The number of nitrogens with zero attached hydrogens (tertiary/aromatic N) is 1. The Labute approximate surface area is 188 Å². The van der Waals surface area contributed by atoms with Crippen LogP contribution in [0.15, 0.2) is 97.1 Å². The van der Waals surface area contributed by atoms with E-state index in [9.17, 15) is 4.79 Å². The monoisotopic (exact) mass is 503 g/mol. The van der Waals surface area contributed by atoms with Crippen molar-refractivity contribution in [1.29, 1.82) is 0 Å². The highest BCUT2D eigenvalue weighted by molar-refractivity contribution is 14.1. The number of hydrogen-bond acceptors (Lipinski definition) is 2. The first kappa shape index (κ1) is 18.9. The molecule has 0 N–H and O–H groups in total. The lowest BCUT2D eigenvalue weighted by molar-refractivity contribution is 0.0475. The first-order valence-electron chi connectivity index (χ1n) is 9.72. The van der Waals surface area contributed by atoms with Gasteiger partial charge in [0, 0.05) is 14.3 Å². The number of carbonyl (C=O) groups is 1. The van der Waals surface area contributed by atoms with Crippen molar-refractivity contribution >= 4 is 50.4 Å². The third kappa shape index (κ3) is 3.27. The van der Waals surface area contributed by atoms with E-state index in [1.54, 1.807) is 0 Å². The molecule has 0 amide bonds. The molecule has 0 atom stereocenters. The first-order chi connectivity index (χ1) is 14.7. The first-order valence-corrected chi connectivity index (χ1v) is 10.8. The Kier molecular flexibility index (Phi) is 5.01. The number of esters is 1. The predicted molar refractivity (Wildman–Crippen MR) is 129 cm³/mol. The van der Waals surface area contributed by atoms with E-state index in [4.69, 9.17) is 4.74 Å². The molecule has 0 saturated carbocycles. The number of fused-ring (bicyclic) bond motifs is 3. The minimum Gasteiger partial charge on any atom is -0.457 e. The SMILES string of the molecule is O=C(OCc1ccccc1)c1cccc2c3ccccc3n(-c3ccccc3I)c12. The summed E-state index contributed by atoms with van der Waals surface area (Å²) in [6, 6.07) is 32.0. The van der Waals surface area contributed by atoms with Crippen molar-refractivity contribution < 1.29 is 9.53 Å². The van der Waals surface area contributed by atoms with Gasteiger partial charge in [0.05, 0.1) is 22.3 Å². The number of aromatic nitrogens is 1. The zero-order valence-electron chi connectivity index (χ0n) is 16.1. The summed E-state index contributed by atoms with van der Waals surface area (Å²) in [5.41, 5.74) is 4.53. The van der Waals surface area contributed by atoms with Crippen molar-refractivity contribution in [2.75, 3.05) is 0 Å². The largest absolute Gasteiger partial charge is 0.457 e. The molecule has 3 nitrogen and oxygen atoms in total. The zero-order chi connectivity index (χ0) is 20.5. The Bertz CT molecular complexity index is 1370. The smallest absolute Gasteiger partial charge is 0.340 e. The van der Waals surface area contributed by atoms with Crippen molar-refractivity contribution in [3.63, 3.8) is 0 Å². The maximum Gasteiger partial charge on any atom is 0.340 e. The number of ether oxygens (including phenoxy) is 1. The third-order valence-electron chi connectivity index (χ3n) is 5.22. The van der Waals surface area contributed by atoms with E-state index in [2.05, 4.69) is 57.5 Å². The standard InChI is InChI=1S/C26H18INO2/c27-22-14-5-7-16-24(22)28-23-15-6-4-11-19(23)20-12-8-13-21(25(20)28)26(29)30-17-18-9-2-1-3-10-18/h1-16H,17H2. The van der Waals surface area contributed by atoms with Gasteiger partial charge in [-0.05, 0) is 52.4 Å². The van der Waals surface area contributed by atoms with Gasteiger partial charge in [0.15, 0.2) is 0 Å². The third-order valence-corrected chi connectivity index (χ3v) is 6.13. The Hall–Kier alpha value is -3.12. The fourth-order valence-corrected chi connectivity index (χ4v) is 4.50. The van der Waals surface area contributed by atoms with Gasteiger partial charge in [-0.25, -0.2) is 4.79 Å². The van der Waals surface area contributed by atoms with Gasteiger partial charge in [-0.2, -0.15) is 0 Å². The molecule has 1 aromatic heterocycles. The van der Waals surface area contributed by atoms with Crippen LogP contribution in [0.3, 0.4) is 0 Å². The van der Waals surface area contributed by atoms with Gasteiger partial charge in [-0.15, -0.1) is 0 Å². The summed E-state index contributed by atoms with van der Waals surface area (Å²) in [6.07, 6.45) is 0. The van der Waals surface area contributed by atoms with Crippen LogP contribution >= 0.6 is 22.6 Å². The highest BCUT2D eigenvalue weighted by Crippen LogP contribution is 2.35. The minimum atomic E-state index is -0.320. The summed E-state index contributed by atoms with van der Waals surface area (Å²) in [5, 5.41) is 2.16. The molecule has 4 heteroatoms. The fraction of sp³-hybridized carbons (Fsp3) is 0.0385. The van der Waals surface area contributed by atoms with E-state index in [1.165, 1.54) is 0 Å². The van der Waals surface area contributed by atoms with E-state index >= 15 is 0 Å². The molecule has 0 aliphatic heterocycles. The molecule has 5 rings (SSSR count). The molecule has 0 aliphatic carbocycles. The van der Waals surface area contributed by atoms with Gasteiger partial charge in [-0.1, -0.05) is 72.8 Å².